The monoisotopic (exact) mass is 342 g/mol. The van der Waals surface area contributed by atoms with Crippen LogP contribution < -0.4 is 5.32 Å². The zero-order valence-corrected chi connectivity index (χ0v) is 12.9. The SMILES string of the molecule is O=C(c1cccc(Br)c1Cl)N1C[C@@H]2CCCN[C@@H]2C1. The zero-order valence-electron chi connectivity index (χ0n) is 10.5. The van der Waals surface area contributed by atoms with Gasteiger partial charge in [-0.1, -0.05) is 17.7 Å². The number of piperidine rings is 1. The molecule has 2 atom stereocenters. The molecule has 0 unspecified atom stereocenters. The molecule has 0 spiro atoms. The van der Waals surface area contributed by atoms with Gasteiger partial charge in [-0.25, -0.2) is 0 Å². The molecule has 0 aliphatic carbocycles. The number of hydrogen-bond acceptors (Lipinski definition) is 2. The Bertz CT molecular complexity index is 494. The Labute approximate surface area is 126 Å². The van der Waals surface area contributed by atoms with Crippen molar-refractivity contribution in [2.75, 3.05) is 19.6 Å². The van der Waals surface area contributed by atoms with Gasteiger partial charge in [-0.05, 0) is 53.4 Å². The predicted molar refractivity (Wildman–Crippen MR) is 79.6 cm³/mol. The van der Waals surface area contributed by atoms with Gasteiger partial charge in [0.05, 0.1) is 10.6 Å². The number of benzene rings is 1. The Morgan fingerprint density at radius 2 is 2.26 bits per heavy atom. The van der Waals surface area contributed by atoms with Gasteiger partial charge in [-0.3, -0.25) is 4.79 Å². The van der Waals surface area contributed by atoms with Crippen molar-refractivity contribution in [2.45, 2.75) is 18.9 Å². The van der Waals surface area contributed by atoms with Crippen LogP contribution in [-0.4, -0.2) is 36.5 Å². The summed E-state index contributed by atoms with van der Waals surface area (Å²) in [5, 5.41) is 4.02. The number of fused-ring (bicyclic) bond motifs is 1. The molecular weight excluding hydrogens is 328 g/mol. The second-order valence-electron chi connectivity index (χ2n) is 5.27. The summed E-state index contributed by atoms with van der Waals surface area (Å²) in [7, 11) is 0. The van der Waals surface area contributed by atoms with Crippen LogP contribution in [-0.2, 0) is 0 Å². The number of nitrogens with one attached hydrogen (secondary N) is 1. The van der Waals surface area contributed by atoms with Gasteiger partial charge in [0.1, 0.15) is 0 Å². The Hall–Kier alpha value is -0.580. The van der Waals surface area contributed by atoms with Crippen LogP contribution in [0.25, 0.3) is 0 Å². The summed E-state index contributed by atoms with van der Waals surface area (Å²) >= 11 is 9.58. The molecule has 2 saturated heterocycles. The first kappa shape index (κ1) is 13.4. The molecule has 102 valence electrons. The summed E-state index contributed by atoms with van der Waals surface area (Å²) in [5.41, 5.74) is 0.592. The van der Waals surface area contributed by atoms with E-state index in [4.69, 9.17) is 11.6 Å². The minimum absolute atomic E-state index is 0.0440. The third-order valence-electron chi connectivity index (χ3n) is 4.07. The molecule has 5 heteroatoms. The Morgan fingerprint density at radius 1 is 1.42 bits per heavy atom. The van der Waals surface area contributed by atoms with Crippen LogP contribution in [0.1, 0.15) is 23.2 Å². The second kappa shape index (κ2) is 5.43. The van der Waals surface area contributed by atoms with Crippen LogP contribution in [0.5, 0.6) is 0 Å². The Morgan fingerprint density at radius 3 is 3.05 bits per heavy atom. The van der Waals surface area contributed by atoms with Crippen molar-refractivity contribution in [1.29, 1.82) is 0 Å². The maximum atomic E-state index is 12.6. The van der Waals surface area contributed by atoms with E-state index >= 15 is 0 Å². The molecule has 0 saturated carbocycles. The molecule has 2 fully saturated rings. The van der Waals surface area contributed by atoms with Crippen molar-refractivity contribution < 1.29 is 4.79 Å². The first-order valence-corrected chi connectivity index (χ1v) is 7.80. The molecular formula is C14H16BrClN2O. The molecule has 0 bridgehead atoms. The largest absolute Gasteiger partial charge is 0.337 e. The van der Waals surface area contributed by atoms with Crippen LogP contribution in [0, 0.1) is 5.92 Å². The Balaban J connectivity index is 1.79. The molecule has 1 N–H and O–H groups in total. The van der Waals surface area contributed by atoms with Crippen molar-refractivity contribution in [2.24, 2.45) is 5.92 Å². The topological polar surface area (TPSA) is 32.3 Å². The molecule has 2 aliphatic heterocycles. The lowest BCUT2D eigenvalue weighted by molar-refractivity contribution is 0.0785. The molecule has 1 aromatic carbocycles. The predicted octanol–water partition coefficient (Wildman–Crippen LogP) is 2.93. The number of carbonyl (C=O) groups is 1. The number of likely N-dealkylation sites (tertiary alicyclic amines) is 1. The number of halogens is 2. The van der Waals surface area contributed by atoms with Crippen LogP contribution in [0.2, 0.25) is 5.02 Å². The van der Waals surface area contributed by atoms with E-state index in [1.807, 2.05) is 17.0 Å². The van der Waals surface area contributed by atoms with Crippen LogP contribution in [0.3, 0.4) is 0 Å². The third-order valence-corrected chi connectivity index (χ3v) is 5.36. The number of amides is 1. The van der Waals surface area contributed by atoms with Crippen LogP contribution in [0.15, 0.2) is 22.7 Å². The minimum Gasteiger partial charge on any atom is -0.337 e. The van der Waals surface area contributed by atoms with E-state index in [0.717, 1.165) is 24.1 Å². The zero-order chi connectivity index (χ0) is 13.4. The van der Waals surface area contributed by atoms with Crippen LogP contribution >= 0.6 is 27.5 Å². The van der Waals surface area contributed by atoms with Gasteiger partial charge in [0.2, 0.25) is 0 Å². The molecule has 2 aliphatic rings. The fourth-order valence-electron chi connectivity index (χ4n) is 3.05. The molecule has 3 nitrogen and oxygen atoms in total. The Kier molecular flexibility index (Phi) is 3.83. The lowest BCUT2D eigenvalue weighted by atomic mass is 9.94. The molecule has 1 amide bonds. The van der Waals surface area contributed by atoms with Gasteiger partial charge in [0, 0.05) is 23.6 Å². The molecule has 1 aromatic rings. The highest BCUT2D eigenvalue weighted by atomic mass is 79.9. The fraction of sp³-hybridized carbons (Fsp3) is 0.500. The van der Waals surface area contributed by atoms with Crippen molar-refractivity contribution in [3.05, 3.63) is 33.3 Å². The minimum atomic E-state index is 0.0440. The molecule has 2 heterocycles. The number of rotatable bonds is 1. The highest BCUT2D eigenvalue weighted by Gasteiger charge is 2.37. The lowest BCUT2D eigenvalue weighted by Crippen LogP contribution is -2.41. The van der Waals surface area contributed by atoms with Crippen LogP contribution in [0.4, 0.5) is 0 Å². The highest BCUT2D eigenvalue weighted by Crippen LogP contribution is 2.30. The summed E-state index contributed by atoms with van der Waals surface area (Å²) < 4.78 is 0.773. The standard InChI is InChI=1S/C14H16BrClN2O/c15-11-5-1-4-10(13(11)16)14(19)18-7-9-3-2-6-17-12(9)8-18/h1,4-5,9,12,17H,2-3,6-8H2/t9-,12+/m0/s1. The third kappa shape index (κ3) is 2.54. The van der Waals surface area contributed by atoms with E-state index in [-0.39, 0.29) is 5.91 Å². The summed E-state index contributed by atoms with van der Waals surface area (Å²) in [6.07, 6.45) is 2.43. The maximum Gasteiger partial charge on any atom is 0.255 e. The van der Waals surface area contributed by atoms with Crippen molar-refractivity contribution >= 4 is 33.4 Å². The lowest BCUT2D eigenvalue weighted by Gasteiger charge is -2.24. The van der Waals surface area contributed by atoms with Crippen molar-refractivity contribution in [1.82, 2.24) is 10.2 Å². The smallest absolute Gasteiger partial charge is 0.255 e. The van der Waals surface area contributed by atoms with Crippen molar-refractivity contribution in [3.63, 3.8) is 0 Å². The van der Waals surface area contributed by atoms with Gasteiger partial charge in [-0.2, -0.15) is 0 Å². The van der Waals surface area contributed by atoms with E-state index < -0.39 is 0 Å². The number of hydrogen-bond donors (Lipinski definition) is 1. The quantitative estimate of drug-likeness (QED) is 0.850. The summed E-state index contributed by atoms with van der Waals surface area (Å²) in [5.74, 6) is 0.645. The highest BCUT2D eigenvalue weighted by molar-refractivity contribution is 9.10. The van der Waals surface area contributed by atoms with Gasteiger partial charge < -0.3 is 10.2 Å². The average molecular weight is 344 g/mol. The molecule has 19 heavy (non-hydrogen) atoms. The maximum absolute atomic E-state index is 12.6. The van der Waals surface area contributed by atoms with Gasteiger partial charge >= 0.3 is 0 Å². The average Bonchev–Trinajstić information content (AvgIpc) is 2.85. The summed E-state index contributed by atoms with van der Waals surface area (Å²) in [6, 6.07) is 5.96. The number of nitrogens with zero attached hydrogens (tertiary/aromatic N) is 1. The molecule has 0 radical (unpaired) electrons. The molecule has 0 aromatic heterocycles. The van der Waals surface area contributed by atoms with E-state index in [9.17, 15) is 4.79 Å². The van der Waals surface area contributed by atoms with E-state index in [1.165, 1.54) is 12.8 Å². The number of carbonyl (C=O) groups excluding carboxylic acids is 1. The summed E-state index contributed by atoms with van der Waals surface area (Å²) in [4.78, 5) is 14.5. The fourth-order valence-corrected chi connectivity index (χ4v) is 3.62. The van der Waals surface area contributed by atoms with Gasteiger partial charge in [0.25, 0.3) is 5.91 Å². The van der Waals surface area contributed by atoms with E-state index in [1.54, 1.807) is 6.07 Å². The second-order valence-corrected chi connectivity index (χ2v) is 6.51. The molecule has 3 rings (SSSR count). The van der Waals surface area contributed by atoms with E-state index in [2.05, 4.69) is 21.2 Å². The first-order chi connectivity index (χ1) is 9.16. The van der Waals surface area contributed by atoms with Gasteiger partial charge in [-0.15, -0.1) is 0 Å². The van der Waals surface area contributed by atoms with E-state index in [0.29, 0.717) is 22.5 Å². The summed E-state index contributed by atoms with van der Waals surface area (Å²) in [6.45, 7) is 2.71. The first-order valence-electron chi connectivity index (χ1n) is 6.63. The normalized spacial score (nSPS) is 26.3. The van der Waals surface area contributed by atoms with Crippen molar-refractivity contribution in [3.8, 4) is 0 Å². The van der Waals surface area contributed by atoms with Gasteiger partial charge in [0.15, 0.2) is 0 Å².